The van der Waals surface area contributed by atoms with Gasteiger partial charge in [0, 0.05) is 32.7 Å². The molecular formula is C11H19N5O2. The molecule has 0 aromatic carbocycles. The number of anilines is 1. The maximum atomic E-state index is 9.19. The third kappa shape index (κ3) is 2.01. The van der Waals surface area contributed by atoms with Gasteiger partial charge < -0.3 is 20.9 Å². The average molecular weight is 253 g/mol. The number of hydrogen-bond acceptors (Lipinski definition) is 5. The molecule has 0 aliphatic carbocycles. The van der Waals surface area contributed by atoms with E-state index in [1.807, 2.05) is 14.0 Å². The van der Waals surface area contributed by atoms with E-state index in [2.05, 4.69) is 15.2 Å². The molecule has 0 radical (unpaired) electrons. The molecule has 100 valence electrons. The predicted octanol–water partition coefficient (Wildman–Crippen LogP) is -0.358. The summed E-state index contributed by atoms with van der Waals surface area (Å²) in [7, 11) is 1.84. The molecule has 1 aromatic heterocycles. The summed E-state index contributed by atoms with van der Waals surface area (Å²) >= 11 is 0. The summed E-state index contributed by atoms with van der Waals surface area (Å²) in [4.78, 5) is 2.12. The Kier molecular flexibility index (Phi) is 3.42. The van der Waals surface area contributed by atoms with Crippen LogP contribution in [0.15, 0.2) is 5.16 Å². The maximum Gasteiger partial charge on any atom is 0.175 e. The van der Waals surface area contributed by atoms with Gasteiger partial charge in [-0.25, -0.2) is 0 Å². The molecule has 1 unspecified atom stereocenters. The van der Waals surface area contributed by atoms with Gasteiger partial charge in [-0.15, -0.1) is 0 Å². The summed E-state index contributed by atoms with van der Waals surface area (Å²) in [5.41, 5.74) is 7.11. The highest BCUT2D eigenvalue weighted by molar-refractivity contribution is 6.02. The van der Waals surface area contributed by atoms with Crippen molar-refractivity contribution in [2.24, 2.45) is 23.9 Å². The Morgan fingerprint density at radius 1 is 1.61 bits per heavy atom. The Hall–Kier alpha value is -1.76. The van der Waals surface area contributed by atoms with E-state index < -0.39 is 0 Å². The molecule has 0 amide bonds. The van der Waals surface area contributed by atoms with E-state index in [1.165, 1.54) is 0 Å². The van der Waals surface area contributed by atoms with Crippen molar-refractivity contribution in [1.29, 1.82) is 0 Å². The number of hydrogen-bond donors (Lipinski definition) is 3. The first kappa shape index (κ1) is 12.7. The molecule has 4 N–H and O–H groups in total. The lowest BCUT2D eigenvalue weighted by Gasteiger charge is -2.20. The number of aryl methyl sites for hydroxylation is 2. The predicted molar refractivity (Wildman–Crippen MR) is 67.9 cm³/mol. The fraction of sp³-hybridized carbons (Fsp3) is 0.636. The molecule has 1 saturated heterocycles. The zero-order valence-corrected chi connectivity index (χ0v) is 10.7. The van der Waals surface area contributed by atoms with Crippen molar-refractivity contribution in [2.75, 3.05) is 24.6 Å². The highest BCUT2D eigenvalue weighted by atomic mass is 16.4. The summed E-state index contributed by atoms with van der Waals surface area (Å²) in [6.45, 7) is 3.62. The van der Waals surface area contributed by atoms with E-state index in [0.717, 1.165) is 31.0 Å². The topological polar surface area (TPSA) is 99.9 Å². The van der Waals surface area contributed by atoms with Gasteiger partial charge in [-0.05, 0) is 13.3 Å². The van der Waals surface area contributed by atoms with Gasteiger partial charge >= 0.3 is 0 Å². The molecule has 2 rings (SSSR count). The van der Waals surface area contributed by atoms with Gasteiger partial charge in [-0.3, -0.25) is 4.68 Å². The number of nitrogens with zero attached hydrogens (tertiary/aromatic N) is 4. The fourth-order valence-corrected chi connectivity index (χ4v) is 2.53. The van der Waals surface area contributed by atoms with Crippen molar-refractivity contribution in [3.05, 3.63) is 11.3 Å². The minimum absolute atomic E-state index is 0.0723. The van der Waals surface area contributed by atoms with Gasteiger partial charge in [0.1, 0.15) is 5.82 Å². The first-order valence-corrected chi connectivity index (χ1v) is 5.95. The van der Waals surface area contributed by atoms with E-state index >= 15 is 0 Å². The number of nitrogens with two attached hydrogens (primary N) is 1. The van der Waals surface area contributed by atoms with Crippen molar-refractivity contribution in [2.45, 2.75) is 13.3 Å². The Balaban J connectivity index is 2.38. The van der Waals surface area contributed by atoms with E-state index in [4.69, 9.17) is 10.9 Å². The van der Waals surface area contributed by atoms with Crippen molar-refractivity contribution in [3.63, 3.8) is 0 Å². The van der Waals surface area contributed by atoms with Crippen molar-refractivity contribution >= 4 is 11.7 Å². The third-order valence-electron chi connectivity index (χ3n) is 3.40. The number of aliphatic hydroxyl groups excluding tert-OH is 1. The van der Waals surface area contributed by atoms with Crippen LogP contribution in [0.1, 0.15) is 17.7 Å². The lowest BCUT2D eigenvalue weighted by Crippen LogP contribution is -2.26. The minimum Gasteiger partial charge on any atom is -0.409 e. The van der Waals surface area contributed by atoms with Crippen LogP contribution in [-0.2, 0) is 7.05 Å². The van der Waals surface area contributed by atoms with Crippen LogP contribution in [0, 0.1) is 12.8 Å². The Labute approximate surface area is 105 Å². The monoisotopic (exact) mass is 253 g/mol. The van der Waals surface area contributed by atoms with Crippen molar-refractivity contribution in [3.8, 4) is 0 Å². The highest BCUT2D eigenvalue weighted by Gasteiger charge is 2.28. The first-order chi connectivity index (χ1) is 8.58. The summed E-state index contributed by atoms with van der Waals surface area (Å²) in [6.07, 6.45) is 0.941. The van der Waals surface area contributed by atoms with E-state index in [-0.39, 0.29) is 18.4 Å². The van der Waals surface area contributed by atoms with Crippen molar-refractivity contribution < 1.29 is 10.3 Å². The molecule has 0 spiro atoms. The van der Waals surface area contributed by atoms with Crippen LogP contribution in [-0.4, -0.2) is 45.6 Å². The minimum atomic E-state index is 0.0723. The largest absolute Gasteiger partial charge is 0.409 e. The first-order valence-electron chi connectivity index (χ1n) is 5.95. The number of aliphatic hydroxyl groups is 1. The highest BCUT2D eigenvalue weighted by Crippen LogP contribution is 2.28. The summed E-state index contributed by atoms with van der Waals surface area (Å²) in [5.74, 6) is 1.20. The van der Waals surface area contributed by atoms with Crippen molar-refractivity contribution in [1.82, 2.24) is 9.78 Å². The van der Waals surface area contributed by atoms with Crippen LogP contribution >= 0.6 is 0 Å². The number of oxime groups is 1. The molecule has 0 bridgehead atoms. The Bertz CT molecular complexity index is 468. The SMILES string of the molecule is Cc1nn(C)c(N2CCC(CO)C2)c1C(N)=NO. The van der Waals surface area contributed by atoms with Crippen LogP contribution in [0.5, 0.6) is 0 Å². The van der Waals surface area contributed by atoms with Gasteiger partial charge in [0.15, 0.2) is 5.84 Å². The van der Waals surface area contributed by atoms with Crippen LogP contribution < -0.4 is 10.6 Å². The normalized spacial score (nSPS) is 20.7. The molecule has 7 nitrogen and oxygen atoms in total. The quantitative estimate of drug-likeness (QED) is 0.296. The van der Waals surface area contributed by atoms with Gasteiger partial charge in [0.05, 0.1) is 11.3 Å². The van der Waals surface area contributed by atoms with Crippen LogP contribution in [0.25, 0.3) is 0 Å². The Morgan fingerprint density at radius 2 is 2.33 bits per heavy atom. The van der Waals surface area contributed by atoms with Gasteiger partial charge in [-0.2, -0.15) is 5.10 Å². The van der Waals surface area contributed by atoms with Gasteiger partial charge in [0.25, 0.3) is 0 Å². The van der Waals surface area contributed by atoms with E-state index in [0.29, 0.717) is 5.56 Å². The zero-order valence-electron chi connectivity index (χ0n) is 10.7. The molecule has 1 aliphatic heterocycles. The molecule has 18 heavy (non-hydrogen) atoms. The molecule has 1 fully saturated rings. The van der Waals surface area contributed by atoms with Gasteiger partial charge in [-0.1, -0.05) is 5.16 Å². The molecule has 1 aromatic rings. The molecule has 1 aliphatic rings. The van der Waals surface area contributed by atoms with Gasteiger partial charge in [0.2, 0.25) is 0 Å². The smallest absolute Gasteiger partial charge is 0.175 e. The maximum absolute atomic E-state index is 9.19. The van der Waals surface area contributed by atoms with E-state index in [9.17, 15) is 5.11 Å². The summed E-state index contributed by atoms with van der Waals surface area (Å²) in [6, 6.07) is 0. The number of aromatic nitrogens is 2. The second-order valence-corrected chi connectivity index (χ2v) is 4.68. The third-order valence-corrected chi connectivity index (χ3v) is 3.40. The second-order valence-electron chi connectivity index (χ2n) is 4.68. The molecular weight excluding hydrogens is 234 g/mol. The summed E-state index contributed by atoms with van der Waals surface area (Å²) in [5, 5.41) is 25.4. The summed E-state index contributed by atoms with van der Waals surface area (Å²) < 4.78 is 1.74. The number of rotatable bonds is 3. The lowest BCUT2D eigenvalue weighted by molar-refractivity contribution is 0.238. The van der Waals surface area contributed by atoms with Crippen LogP contribution in [0.2, 0.25) is 0 Å². The molecule has 1 atom stereocenters. The second kappa shape index (κ2) is 4.85. The van der Waals surface area contributed by atoms with E-state index in [1.54, 1.807) is 4.68 Å². The van der Waals surface area contributed by atoms with Crippen LogP contribution in [0.4, 0.5) is 5.82 Å². The number of amidine groups is 1. The molecule has 7 heteroatoms. The fourth-order valence-electron chi connectivity index (χ4n) is 2.53. The average Bonchev–Trinajstić information content (AvgIpc) is 2.92. The zero-order chi connectivity index (χ0) is 13.3. The molecule has 2 heterocycles. The van der Waals surface area contributed by atoms with Crippen LogP contribution in [0.3, 0.4) is 0 Å². The Morgan fingerprint density at radius 3 is 2.89 bits per heavy atom. The molecule has 0 saturated carbocycles. The lowest BCUT2D eigenvalue weighted by atomic mass is 10.1. The standard InChI is InChI=1S/C11H19N5O2/c1-7-9(10(12)14-18)11(15(2)13-7)16-4-3-8(5-16)6-17/h8,17-18H,3-6H2,1-2H3,(H2,12,14).